The summed E-state index contributed by atoms with van der Waals surface area (Å²) >= 11 is 0. The minimum atomic E-state index is -0.510. The van der Waals surface area contributed by atoms with E-state index < -0.39 is 6.04 Å². The minimum Gasteiger partial charge on any atom is -0.352 e. The van der Waals surface area contributed by atoms with Crippen LogP contribution in [-0.2, 0) is 22.6 Å². The van der Waals surface area contributed by atoms with E-state index in [1.165, 1.54) is 6.42 Å². The van der Waals surface area contributed by atoms with E-state index in [0.29, 0.717) is 19.4 Å². The van der Waals surface area contributed by atoms with Crippen LogP contribution in [0.2, 0.25) is 0 Å². The van der Waals surface area contributed by atoms with Crippen LogP contribution in [0.4, 0.5) is 0 Å². The summed E-state index contributed by atoms with van der Waals surface area (Å²) in [5.74, 6) is 0.0246. The zero-order valence-electron chi connectivity index (χ0n) is 19.0. The first-order valence-corrected chi connectivity index (χ1v) is 11.8. The Balaban J connectivity index is 1.88. The van der Waals surface area contributed by atoms with Crippen LogP contribution in [0.5, 0.6) is 0 Å². The van der Waals surface area contributed by atoms with Gasteiger partial charge in [0.15, 0.2) is 0 Å². The van der Waals surface area contributed by atoms with Gasteiger partial charge < -0.3 is 10.2 Å². The van der Waals surface area contributed by atoms with Crippen molar-refractivity contribution in [1.82, 2.24) is 10.2 Å². The molecule has 0 radical (unpaired) electrons. The van der Waals surface area contributed by atoms with Crippen LogP contribution in [0, 0.1) is 6.92 Å². The van der Waals surface area contributed by atoms with Gasteiger partial charge in [-0.3, -0.25) is 9.59 Å². The predicted molar refractivity (Wildman–Crippen MR) is 126 cm³/mol. The van der Waals surface area contributed by atoms with Crippen molar-refractivity contribution in [3.8, 4) is 0 Å². The van der Waals surface area contributed by atoms with Crippen LogP contribution in [-0.4, -0.2) is 28.8 Å². The average Bonchev–Trinajstić information content (AvgIpc) is 2.77. The maximum absolute atomic E-state index is 13.5. The summed E-state index contributed by atoms with van der Waals surface area (Å²) < 4.78 is 0. The fourth-order valence-electron chi connectivity index (χ4n) is 4.46. The van der Waals surface area contributed by atoms with Gasteiger partial charge in [0, 0.05) is 25.4 Å². The molecule has 0 saturated heterocycles. The summed E-state index contributed by atoms with van der Waals surface area (Å²) in [5, 5.41) is 3.28. The van der Waals surface area contributed by atoms with Crippen molar-refractivity contribution in [2.75, 3.05) is 0 Å². The van der Waals surface area contributed by atoms with Crippen molar-refractivity contribution >= 4 is 11.8 Å². The second-order valence-electron chi connectivity index (χ2n) is 8.81. The molecule has 0 heterocycles. The van der Waals surface area contributed by atoms with Gasteiger partial charge in [0.2, 0.25) is 11.8 Å². The highest BCUT2D eigenvalue weighted by molar-refractivity contribution is 5.88. The highest BCUT2D eigenvalue weighted by Gasteiger charge is 2.31. The zero-order valence-corrected chi connectivity index (χ0v) is 19.0. The molecule has 1 N–H and O–H groups in total. The van der Waals surface area contributed by atoms with Gasteiger partial charge >= 0.3 is 0 Å². The fraction of sp³-hybridized carbons (Fsp3) is 0.481. The van der Waals surface area contributed by atoms with E-state index >= 15 is 0 Å². The number of nitrogens with zero attached hydrogens (tertiary/aromatic N) is 1. The van der Waals surface area contributed by atoms with Gasteiger partial charge in [-0.15, -0.1) is 0 Å². The Morgan fingerprint density at radius 1 is 1.00 bits per heavy atom. The van der Waals surface area contributed by atoms with Gasteiger partial charge in [0.1, 0.15) is 6.04 Å². The molecule has 2 amide bonds. The maximum atomic E-state index is 13.5. The van der Waals surface area contributed by atoms with Gasteiger partial charge in [-0.25, -0.2) is 0 Å². The van der Waals surface area contributed by atoms with Crippen molar-refractivity contribution in [3.63, 3.8) is 0 Å². The molecule has 31 heavy (non-hydrogen) atoms. The van der Waals surface area contributed by atoms with Gasteiger partial charge in [0.05, 0.1) is 0 Å². The highest BCUT2D eigenvalue weighted by atomic mass is 16.2. The third kappa shape index (κ3) is 6.95. The number of hydrogen-bond donors (Lipinski definition) is 1. The normalized spacial score (nSPS) is 15.3. The molecule has 1 saturated carbocycles. The van der Waals surface area contributed by atoms with E-state index in [1.54, 1.807) is 0 Å². The lowest BCUT2D eigenvalue weighted by molar-refractivity contribution is -0.141. The van der Waals surface area contributed by atoms with Crippen LogP contribution in [0.25, 0.3) is 0 Å². The molecule has 1 aliphatic rings. The van der Waals surface area contributed by atoms with Crippen LogP contribution in [0.1, 0.15) is 68.6 Å². The van der Waals surface area contributed by atoms with E-state index in [0.717, 1.165) is 48.8 Å². The van der Waals surface area contributed by atoms with E-state index in [4.69, 9.17) is 0 Å². The molecule has 0 aromatic heterocycles. The Bertz CT molecular complexity index is 843. The summed E-state index contributed by atoms with van der Waals surface area (Å²) in [4.78, 5) is 28.5. The van der Waals surface area contributed by atoms with E-state index in [1.807, 2.05) is 54.3 Å². The molecule has 0 bridgehead atoms. The van der Waals surface area contributed by atoms with E-state index in [-0.39, 0.29) is 17.9 Å². The maximum Gasteiger partial charge on any atom is 0.243 e. The molecule has 0 unspecified atom stereocenters. The lowest BCUT2D eigenvalue weighted by Gasteiger charge is -2.33. The van der Waals surface area contributed by atoms with Crippen LogP contribution in [0.15, 0.2) is 54.6 Å². The number of hydrogen-bond acceptors (Lipinski definition) is 2. The lowest BCUT2D eigenvalue weighted by Crippen LogP contribution is -2.52. The van der Waals surface area contributed by atoms with Crippen molar-refractivity contribution in [3.05, 3.63) is 71.3 Å². The van der Waals surface area contributed by atoms with E-state index in [2.05, 4.69) is 24.4 Å². The number of rotatable bonds is 9. The molecule has 1 aliphatic carbocycles. The number of nitrogens with one attached hydrogen (secondary N) is 1. The second-order valence-corrected chi connectivity index (χ2v) is 8.81. The Labute approximate surface area is 187 Å². The first-order valence-electron chi connectivity index (χ1n) is 11.8. The largest absolute Gasteiger partial charge is 0.352 e. The standard InChI is InChI=1S/C27H36N2O2/c1-3-11-26(30)29(20-23-15-10-12-21(2)18-23)25(19-22-13-6-4-7-14-22)27(31)28-24-16-8-5-9-17-24/h4,6-7,10,12-15,18,24-25H,3,5,8-9,11,16-17,19-20H2,1-2H3,(H,28,31)/t25-/m1/s1. The van der Waals surface area contributed by atoms with Crippen LogP contribution in [0.3, 0.4) is 0 Å². The average molecular weight is 421 g/mol. The topological polar surface area (TPSA) is 49.4 Å². The van der Waals surface area contributed by atoms with Gasteiger partial charge in [-0.1, -0.05) is 86.3 Å². The summed E-state index contributed by atoms with van der Waals surface area (Å²) in [5.41, 5.74) is 3.30. The number of benzene rings is 2. The summed E-state index contributed by atoms with van der Waals surface area (Å²) in [6, 6.07) is 18.0. The third-order valence-electron chi connectivity index (χ3n) is 6.12. The molecular weight excluding hydrogens is 384 g/mol. The number of carbonyl (C=O) groups excluding carboxylic acids is 2. The molecule has 1 atom stereocenters. The van der Waals surface area contributed by atoms with Crippen molar-refractivity contribution in [1.29, 1.82) is 0 Å². The summed E-state index contributed by atoms with van der Waals surface area (Å²) in [6.45, 7) is 4.52. The summed E-state index contributed by atoms with van der Waals surface area (Å²) in [7, 11) is 0. The number of carbonyl (C=O) groups is 2. The Morgan fingerprint density at radius 3 is 2.39 bits per heavy atom. The zero-order chi connectivity index (χ0) is 22.1. The van der Waals surface area contributed by atoms with Crippen molar-refractivity contribution in [2.24, 2.45) is 0 Å². The van der Waals surface area contributed by atoms with Gasteiger partial charge in [-0.2, -0.15) is 0 Å². The molecule has 3 rings (SSSR count). The second kappa shape index (κ2) is 11.7. The third-order valence-corrected chi connectivity index (χ3v) is 6.12. The summed E-state index contributed by atoms with van der Waals surface area (Å²) in [6.07, 6.45) is 7.38. The first-order chi connectivity index (χ1) is 15.1. The molecule has 0 spiro atoms. The monoisotopic (exact) mass is 420 g/mol. The number of amides is 2. The highest BCUT2D eigenvalue weighted by Crippen LogP contribution is 2.20. The van der Waals surface area contributed by atoms with E-state index in [9.17, 15) is 9.59 Å². The quantitative estimate of drug-likeness (QED) is 0.607. The first kappa shape index (κ1) is 23.1. The fourth-order valence-corrected chi connectivity index (χ4v) is 4.46. The molecule has 0 aliphatic heterocycles. The van der Waals surface area contributed by atoms with Crippen molar-refractivity contribution in [2.45, 2.75) is 83.8 Å². The Morgan fingerprint density at radius 2 is 1.71 bits per heavy atom. The Kier molecular flexibility index (Phi) is 8.69. The predicted octanol–water partition coefficient (Wildman–Crippen LogP) is 5.18. The van der Waals surface area contributed by atoms with Crippen molar-refractivity contribution < 1.29 is 9.59 Å². The van der Waals surface area contributed by atoms with Gasteiger partial charge in [0.25, 0.3) is 0 Å². The SMILES string of the molecule is CCCC(=O)N(Cc1cccc(C)c1)[C@H](Cc1ccccc1)C(=O)NC1CCCCC1. The molecule has 1 fully saturated rings. The molecule has 4 heteroatoms. The van der Waals surface area contributed by atoms with Gasteiger partial charge in [-0.05, 0) is 37.3 Å². The molecule has 2 aromatic rings. The molecule has 166 valence electrons. The Hall–Kier alpha value is -2.62. The van der Waals surface area contributed by atoms with Crippen LogP contribution < -0.4 is 5.32 Å². The lowest BCUT2D eigenvalue weighted by atomic mass is 9.94. The molecule has 4 nitrogen and oxygen atoms in total. The number of aryl methyl sites for hydroxylation is 1. The molecule has 2 aromatic carbocycles. The molecular formula is C27H36N2O2. The smallest absolute Gasteiger partial charge is 0.243 e. The minimum absolute atomic E-state index is 0.0205. The van der Waals surface area contributed by atoms with Crippen LogP contribution >= 0.6 is 0 Å².